The number of aromatic nitrogens is 2. The Morgan fingerprint density at radius 1 is 1.39 bits per heavy atom. The summed E-state index contributed by atoms with van der Waals surface area (Å²) in [7, 11) is 0. The Balaban J connectivity index is 1.93. The zero-order chi connectivity index (χ0) is 13.1. The molecular formula is C13H23N3O2. The van der Waals surface area contributed by atoms with Gasteiger partial charge in [0.25, 0.3) is 0 Å². The summed E-state index contributed by atoms with van der Waals surface area (Å²) in [4.78, 5) is 6.78. The lowest BCUT2D eigenvalue weighted by Gasteiger charge is -2.35. The summed E-state index contributed by atoms with van der Waals surface area (Å²) in [6.07, 6.45) is 1.15. The van der Waals surface area contributed by atoms with Crippen LogP contribution in [0.25, 0.3) is 0 Å². The van der Waals surface area contributed by atoms with Crippen LogP contribution in [0.15, 0.2) is 4.52 Å². The van der Waals surface area contributed by atoms with E-state index in [0.29, 0.717) is 17.9 Å². The standard InChI is InChI=1S/C13H23N3O2/c1-9(2)5-12-14-13(18-15-12)7-16-6-11(4)17-8-10(16)3/h9-11H,5-8H2,1-4H3/t10-,11-/m1/s1. The summed E-state index contributed by atoms with van der Waals surface area (Å²) in [5.74, 6) is 2.08. The molecule has 2 heterocycles. The van der Waals surface area contributed by atoms with Crippen molar-refractivity contribution >= 4 is 0 Å². The van der Waals surface area contributed by atoms with Crippen LogP contribution < -0.4 is 0 Å². The van der Waals surface area contributed by atoms with Crippen LogP contribution in [0.1, 0.15) is 39.4 Å². The second kappa shape index (κ2) is 5.80. The molecule has 5 heteroatoms. The lowest BCUT2D eigenvalue weighted by molar-refractivity contribution is -0.0555. The van der Waals surface area contributed by atoms with E-state index >= 15 is 0 Å². The Morgan fingerprint density at radius 3 is 2.89 bits per heavy atom. The molecule has 5 nitrogen and oxygen atoms in total. The van der Waals surface area contributed by atoms with E-state index < -0.39 is 0 Å². The van der Waals surface area contributed by atoms with Crippen molar-refractivity contribution in [1.29, 1.82) is 0 Å². The molecule has 1 saturated heterocycles. The van der Waals surface area contributed by atoms with Gasteiger partial charge in [0.2, 0.25) is 5.89 Å². The van der Waals surface area contributed by atoms with E-state index in [1.54, 1.807) is 0 Å². The van der Waals surface area contributed by atoms with Crippen molar-refractivity contribution in [2.75, 3.05) is 13.2 Å². The molecule has 1 aliphatic rings. The van der Waals surface area contributed by atoms with Crippen molar-refractivity contribution in [3.05, 3.63) is 11.7 Å². The lowest BCUT2D eigenvalue weighted by atomic mass is 10.1. The molecule has 0 saturated carbocycles. The molecule has 1 fully saturated rings. The van der Waals surface area contributed by atoms with Gasteiger partial charge in [0, 0.05) is 19.0 Å². The molecule has 0 aromatic carbocycles. The van der Waals surface area contributed by atoms with Gasteiger partial charge in [-0.1, -0.05) is 19.0 Å². The van der Waals surface area contributed by atoms with Crippen LogP contribution in [-0.4, -0.2) is 40.3 Å². The first kappa shape index (κ1) is 13.5. The molecule has 0 unspecified atom stereocenters. The maximum Gasteiger partial charge on any atom is 0.240 e. The largest absolute Gasteiger partial charge is 0.376 e. The van der Waals surface area contributed by atoms with Gasteiger partial charge in [-0.25, -0.2) is 0 Å². The molecule has 0 N–H and O–H groups in total. The maximum absolute atomic E-state index is 5.61. The van der Waals surface area contributed by atoms with E-state index in [4.69, 9.17) is 9.26 Å². The SMILES string of the molecule is CC(C)Cc1noc(CN2C[C@@H](C)OC[C@H]2C)n1. The number of ether oxygens (including phenoxy) is 1. The Labute approximate surface area is 108 Å². The highest BCUT2D eigenvalue weighted by atomic mass is 16.5. The molecule has 0 radical (unpaired) electrons. The zero-order valence-electron chi connectivity index (χ0n) is 11.7. The van der Waals surface area contributed by atoms with E-state index in [0.717, 1.165) is 31.9 Å². The van der Waals surface area contributed by atoms with Crippen molar-refractivity contribution in [3.63, 3.8) is 0 Å². The van der Waals surface area contributed by atoms with Gasteiger partial charge in [-0.3, -0.25) is 4.90 Å². The monoisotopic (exact) mass is 253 g/mol. The fourth-order valence-electron chi connectivity index (χ4n) is 2.17. The topological polar surface area (TPSA) is 51.4 Å². The average Bonchev–Trinajstić information content (AvgIpc) is 2.70. The Morgan fingerprint density at radius 2 is 2.17 bits per heavy atom. The first-order valence-corrected chi connectivity index (χ1v) is 6.71. The quantitative estimate of drug-likeness (QED) is 0.820. The third-order valence-electron chi connectivity index (χ3n) is 3.18. The third-order valence-corrected chi connectivity index (χ3v) is 3.18. The molecule has 1 aromatic heterocycles. The van der Waals surface area contributed by atoms with Crippen molar-refractivity contribution in [1.82, 2.24) is 15.0 Å². The van der Waals surface area contributed by atoms with E-state index in [2.05, 4.69) is 42.7 Å². The van der Waals surface area contributed by atoms with Gasteiger partial charge in [0.1, 0.15) is 0 Å². The number of hydrogen-bond acceptors (Lipinski definition) is 5. The maximum atomic E-state index is 5.61. The molecule has 0 amide bonds. The minimum Gasteiger partial charge on any atom is -0.376 e. The summed E-state index contributed by atoms with van der Waals surface area (Å²) >= 11 is 0. The Kier molecular flexibility index (Phi) is 4.35. The second-order valence-electron chi connectivity index (χ2n) is 5.62. The van der Waals surface area contributed by atoms with Gasteiger partial charge in [0.15, 0.2) is 5.82 Å². The van der Waals surface area contributed by atoms with E-state index in [-0.39, 0.29) is 6.10 Å². The smallest absolute Gasteiger partial charge is 0.240 e. The van der Waals surface area contributed by atoms with E-state index in [1.165, 1.54) is 0 Å². The molecular weight excluding hydrogens is 230 g/mol. The second-order valence-corrected chi connectivity index (χ2v) is 5.62. The highest BCUT2D eigenvalue weighted by molar-refractivity contribution is 4.89. The minimum atomic E-state index is 0.277. The van der Waals surface area contributed by atoms with Crippen molar-refractivity contribution in [2.45, 2.75) is 52.8 Å². The summed E-state index contributed by atoms with van der Waals surface area (Å²) in [6, 6.07) is 0.404. The minimum absolute atomic E-state index is 0.277. The van der Waals surface area contributed by atoms with E-state index in [9.17, 15) is 0 Å². The van der Waals surface area contributed by atoms with Gasteiger partial charge < -0.3 is 9.26 Å². The predicted octanol–water partition coefficient (Wildman–Crippen LogP) is 1.88. The molecule has 2 rings (SSSR count). The highest BCUT2D eigenvalue weighted by Gasteiger charge is 2.25. The van der Waals surface area contributed by atoms with Crippen LogP contribution in [0.3, 0.4) is 0 Å². The van der Waals surface area contributed by atoms with Gasteiger partial charge in [-0.2, -0.15) is 4.98 Å². The van der Waals surface area contributed by atoms with Gasteiger partial charge in [0.05, 0.1) is 19.3 Å². The Hall–Kier alpha value is -0.940. The van der Waals surface area contributed by atoms with Gasteiger partial charge >= 0.3 is 0 Å². The van der Waals surface area contributed by atoms with Crippen LogP contribution in [0, 0.1) is 5.92 Å². The predicted molar refractivity (Wildman–Crippen MR) is 68.1 cm³/mol. The zero-order valence-corrected chi connectivity index (χ0v) is 11.7. The summed E-state index contributed by atoms with van der Waals surface area (Å²) < 4.78 is 10.9. The van der Waals surface area contributed by atoms with Crippen molar-refractivity contribution in [2.24, 2.45) is 5.92 Å². The summed E-state index contributed by atoms with van der Waals surface area (Å²) in [5, 5.41) is 4.02. The normalized spacial score (nSPS) is 25.8. The van der Waals surface area contributed by atoms with Gasteiger partial charge in [-0.15, -0.1) is 0 Å². The molecule has 0 spiro atoms. The number of nitrogens with zero attached hydrogens (tertiary/aromatic N) is 3. The van der Waals surface area contributed by atoms with Gasteiger partial charge in [-0.05, 0) is 19.8 Å². The molecule has 1 aliphatic heterocycles. The van der Waals surface area contributed by atoms with Crippen molar-refractivity contribution < 1.29 is 9.26 Å². The van der Waals surface area contributed by atoms with Crippen LogP contribution in [-0.2, 0) is 17.7 Å². The molecule has 1 aromatic rings. The molecule has 0 bridgehead atoms. The summed E-state index contributed by atoms with van der Waals surface area (Å²) in [5.41, 5.74) is 0. The number of morpholine rings is 1. The Bertz CT molecular complexity index is 378. The molecule has 102 valence electrons. The fraction of sp³-hybridized carbons (Fsp3) is 0.846. The first-order chi connectivity index (χ1) is 8.54. The first-order valence-electron chi connectivity index (χ1n) is 6.71. The summed E-state index contributed by atoms with van der Waals surface area (Å²) in [6.45, 7) is 11.0. The van der Waals surface area contributed by atoms with Crippen molar-refractivity contribution in [3.8, 4) is 0 Å². The van der Waals surface area contributed by atoms with Crippen LogP contribution in [0.4, 0.5) is 0 Å². The van der Waals surface area contributed by atoms with E-state index in [1.807, 2.05) is 0 Å². The highest BCUT2D eigenvalue weighted by Crippen LogP contribution is 2.15. The molecule has 18 heavy (non-hydrogen) atoms. The van der Waals surface area contributed by atoms with Crippen LogP contribution >= 0.6 is 0 Å². The van der Waals surface area contributed by atoms with Crippen LogP contribution in [0.5, 0.6) is 0 Å². The average molecular weight is 253 g/mol. The number of hydrogen-bond donors (Lipinski definition) is 0. The van der Waals surface area contributed by atoms with Crippen LogP contribution in [0.2, 0.25) is 0 Å². The lowest BCUT2D eigenvalue weighted by Crippen LogP contribution is -2.46. The fourth-order valence-corrected chi connectivity index (χ4v) is 2.17. The molecule has 2 atom stereocenters. The number of rotatable bonds is 4. The third kappa shape index (κ3) is 3.53. The molecule has 0 aliphatic carbocycles.